The van der Waals surface area contributed by atoms with Crippen molar-refractivity contribution in [3.05, 3.63) is 90.1 Å². The van der Waals surface area contributed by atoms with Crippen LogP contribution in [0.3, 0.4) is 0 Å². The Morgan fingerprint density at radius 3 is 2.15 bits per heavy atom. The lowest BCUT2D eigenvalue weighted by molar-refractivity contribution is 1.35. The molecule has 0 amide bonds. The van der Waals surface area contributed by atoms with E-state index in [0.717, 1.165) is 5.69 Å². The van der Waals surface area contributed by atoms with Gasteiger partial charge in [0.25, 0.3) is 0 Å². The normalized spacial score (nSPS) is 11.5. The average Bonchev–Trinajstić information content (AvgIpc) is 2.66. The predicted octanol–water partition coefficient (Wildman–Crippen LogP) is 6.83. The summed E-state index contributed by atoms with van der Waals surface area (Å²) in [5, 5.41) is 7.66. The van der Waals surface area contributed by atoms with Crippen LogP contribution in [-0.4, -0.2) is 4.98 Å². The van der Waals surface area contributed by atoms with E-state index in [2.05, 4.69) is 86.6 Å². The molecule has 1 aromatic heterocycles. The highest BCUT2D eigenvalue weighted by molar-refractivity contribution is 6.18. The summed E-state index contributed by atoms with van der Waals surface area (Å²) >= 11 is 0. The average molecular weight is 333 g/mol. The molecule has 0 spiro atoms. The van der Waals surface area contributed by atoms with Gasteiger partial charge in [-0.2, -0.15) is 0 Å². The first-order valence-electron chi connectivity index (χ1n) is 8.98. The highest BCUT2D eigenvalue weighted by atomic mass is 14.7. The monoisotopic (exact) mass is 333 g/mol. The van der Waals surface area contributed by atoms with Gasteiger partial charge in [-0.25, -0.2) is 0 Å². The van der Waals surface area contributed by atoms with E-state index in [0.29, 0.717) is 0 Å². The summed E-state index contributed by atoms with van der Waals surface area (Å²) in [5.41, 5.74) is 4.77. The Balaban J connectivity index is 1.87. The first kappa shape index (κ1) is 15.1. The largest absolute Gasteiger partial charge is 0.256 e. The maximum atomic E-state index is 4.70. The molecular formula is C25H19N. The lowest BCUT2D eigenvalue weighted by atomic mass is 9.95. The Morgan fingerprint density at radius 1 is 0.577 bits per heavy atom. The molecule has 5 rings (SSSR count). The van der Waals surface area contributed by atoms with Gasteiger partial charge in [0.1, 0.15) is 0 Å². The fraction of sp³-hybridized carbons (Fsp3) is 0.0800. The van der Waals surface area contributed by atoms with Gasteiger partial charge in [0.15, 0.2) is 0 Å². The van der Waals surface area contributed by atoms with Gasteiger partial charge >= 0.3 is 0 Å². The Labute approximate surface area is 152 Å². The van der Waals surface area contributed by atoms with Crippen molar-refractivity contribution in [2.45, 2.75) is 13.8 Å². The molecule has 0 radical (unpaired) electrons. The molecule has 0 bridgehead atoms. The van der Waals surface area contributed by atoms with Gasteiger partial charge in [0, 0.05) is 17.1 Å². The number of fused-ring (bicyclic) bond motifs is 5. The van der Waals surface area contributed by atoms with Crippen LogP contribution in [0.5, 0.6) is 0 Å². The third-order valence-corrected chi connectivity index (χ3v) is 5.21. The van der Waals surface area contributed by atoms with Gasteiger partial charge in [-0.15, -0.1) is 0 Å². The van der Waals surface area contributed by atoms with Crippen LogP contribution in [0.4, 0.5) is 0 Å². The van der Waals surface area contributed by atoms with Crippen LogP contribution < -0.4 is 0 Å². The molecule has 0 atom stereocenters. The van der Waals surface area contributed by atoms with Crippen molar-refractivity contribution in [1.29, 1.82) is 0 Å². The van der Waals surface area contributed by atoms with Crippen LogP contribution in [0.25, 0.3) is 43.6 Å². The van der Waals surface area contributed by atoms with Gasteiger partial charge in [-0.05, 0) is 52.9 Å². The number of nitrogens with zero attached hydrogens (tertiary/aromatic N) is 1. The fourth-order valence-electron chi connectivity index (χ4n) is 3.95. The standard InChI is InChI=1S/C25H19N/c1-16-4-3-5-19(15-16)25-24-11-10-21-20-8-6-17(2)14-18(20)7-9-22(21)23(24)12-13-26-25/h3-15H,1-2H3. The number of hydrogen-bond donors (Lipinski definition) is 0. The van der Waals surface area contributed by atoms with Crippen LogP contribution in [0, 0.1) is 13.8 Å². The topological polar surface area (TPSA) is 12.9 Å². The van der Waals surface area contributed by atoms with Crippen molar-refractivity contribution in [2.24, 2.45) is 0 Å². The Bertz CT molecular complexity index is 1300. The van der Waals surface area contributed by atoms with Crippen molar-refractivity contribution in [2.75, 3.05) is 0 Å². The van der Waals surface area contributed by atoms with E-state index in [9.17, 15) is 0 Å². The Morgan fingerprint density at radius 2 is 1.27 bits per heavy atom. The molecule has 0 saturated heterocycles. The minimum Gasteiger partial charge on any atom is -0.256 e. The molecule has 0 N–H and O–H groups in total. The second-order valence-electron chi connectivity index (χ2n) is 7.07. The van der Waals surface area contributed by atoms with Crippen molar-refractivity contribution >= 4 is 32.3 Å². The summed E-state index contributed by atoms with van der Waals surface area (Å²) in [6, 6.07) is 26.3. The molecule has 0 fully saturated rings. The molecule has 26 heavy (non-hydrogen) atoms. The molecule has 5 aromatic rings. The molecule has 0 aliphatic rings. The van der Waals surface area contributed by atoms with Crippen LogP contribution in [0.2, 0.25) is 0 Å². The van der Waals surface area contributed by atoms with Gasteiger partial charge < -0.3 is 0 Å². The summed E-state index contributed by atoms with van der Waals surface area (Å²) in [7, 11) is 0. The summed E-state index contributed by atoms with van der Waals surface area (Å²) in [6.45, 7) is 4.27. The molecule has 1 heterocycles. The SMILES string of the molecule is Cc1cccc(-c2nccc3c2ccc2c4ccc(C)cc4ccc32)c1. The maximum Gasteiger partial charge on any atom is 0.0780 e. The number of rotatable bonds is 1. The third-order valence-electron chi connectivity index (χ3n) is 5.21. The molecule has 1 nitrogen and oxygen atoms in total. The van der Waals surface area contributed by atoms with Crippen molar-refractivity contribution in [3.63, 3.8) is 0 Å². The molecule has 0 aliphatic carbocycles. The lowest BCUT2D eigenvalue weighted by Crippen LogP contribution is -1.88. The van der Waals surface area contributed by atoms with E-state index in [1.54, 1.807) is 0 Å². The second kappa shape index (κ2) is 5.67. The number of aryl methyl sites for hydroxylation is 2. The fourth-order valence-corrected chi connectivity index (χ4v) is 3.95. The molecule has 0 unspecified atom stereocenters. The molecule has 1 heteroatoms. The van der Waals surface area contributed by atoms with Crippen LogP contribution in [-0.2, 0) is 0 Å². The third kappa shape index (κ3) is 2.28. The highest BCUT2D eigenvalue weighted by Gasteiger charge is 2.10. The zero-order chi connectivity index (χ0) is 17.7. The Kier molecular flexibility index (Phi) is 3.29. The minimum absolute atomic E-state index is 1.05. The van der Waals surface area contributed by atoms with Gasteiger partial charge in [0.05, 0.1) is 5.69 Å². The number of benzene rings is 4. The zero-order valence-corrected chi connectivity index (χ0v) is 15.0. The van der Waals surface area contributed by atoms with Gasteiger partial charge in [0.2, 0.25) is 0 Å². The van der Waals surface area contributed by atoms with Crippen molar-refractivity contribution < 1.29 is 0 Å². The van der Waals surface area contributed by atoms with E-state index in [-0.39, 0.29) is 0 Å². The molecule has 124 valence electrons. The van der Waals surface area contributed by atoms with Gasteiger partial charge in [-0.1, -0.05) is 71.8 Å². The molecule has 0 saturated carbocycles. The van der Waals surface area contributed by atoms with Crippen LogP contribution in [0.15, 0.2) is 79.0 Å². The predicted molar refractivity (Wildman–Crippen MR) is 112 cm³/mol. The first-order chi connectivity index (χ1) is 12.7. The van der Waals surface area contributed by atoms with E-state index in [4.69, 9.17) is 4.98 Å². The van der Waals surface area contributed by atoms with Gasteiger partial charge in [-0.3, -0.25) is 4.98 Å². The number of hydrogen-bond acceptors (Lipinski definition) is 1. The van der Waals surface area contributed by atoms with Crippen molar-refractivity contribution in [1.82, 2.24) is 4.98 Å². The van der Waals surface area contributed by atoms with Crippen molar-refractivity contribution in [3.8, 4) is 11.3 Å². The smallest absolute Gasteiger partial charge is 0.0780 e. The van der Waals surface area contributed by atoms with E-state index < -0.39 is 0 Å². The second-order valence-corrected chi connectivity index (χ2v) is 7.07. The molecule has 0 aliphatic heterocycles. The Hall–Kier alpha value is -3.19. The summed E-state index contributed by atoms with van der Waals surface area (Å²) in [6.07, 6.45) is 1.93. The maximum absolute atomic E-state index is 4.70. The minimum atomic E-state index is 1.05. The lowest BCUT2D eigenvalue weighted by Gasteiger charge is -2.11. The van der Waals surface area contributed by atoms with Crippen LogP contribution >= 0.6 is 0 Å². The highest BCUT2D eigenvalue weighted by Crippen LogP contribution is 2.35. The number of pyridine rings is 1. The summed E-state index contributed by atoms with van der Waals surface area (Å²) in [4.78, 5) is 4.70. The van der Waals surface area contributed by atoms with E-state index >= 15 is 0 Å². The first-order valence-corrected chi connectivity index (χ1v) is 8.98. The number of aromatic nitrogens is 1. The summed E-state index contributed by atoms with van der Waals surface area (Å²) < 4.78 is 0. The molecular weight excluding hydrogens is 314 g/mol. The quantitative estimate of drug-likeness (QED) is 0.306. The van der Waals surface area contributed by atoms with Crippen LogP contribution in [0.1, 0.15) is 11.1 Å². The van der Waals surface area contributed by atoms with E-state index in [1.165, 1.54) is 49.0 Å². The zero-order valence-electron chi connectivity index (χ0n) is 15.0. The summed E-state index contributed by atoms with van der Waals surface area (Å²) in [5.74, 6) is 0. The molecule has 4 aromatic carbocycles. The van der Waals surface area contributed by atoms with E-state index in [1.807, 2.05) is 6.20 Å².